The lowest BCUT2D eigenvalue weighted by Crippen LogP contribution is -2.42. The van der Waals surface area contributed by atoms with Crippen molar-refractivity contribution in [2.75, 3.05) is 13.2 Å². The van der Waals surface area contributed by atoms with E-state index in [0.717, 1.165) is 0 Å². The molecule has 8 atom stereocenters. The summed E-state index contributed by atoms with van der Waals surface area (Å²) in [5.74, 6) is -1.81. The summed E-state index contributed by atoms with van der Waals surface area (Å²) in [5.41, 5.74) is 0. The highest BCUT2D eigenvalue weighted by atomic mass is 16.8. The molecule has 3 aliphatic rings. The number of carbonyl (C=O) groups excluding carboxylic acids is 2. The molecular formula is C21H31NO11. The van der Waals surface area contributed by atoms with Crippen LogP contribution in [-0.2, 0) is 42.8 Å². The molecule has 0 bridgehead atoms. The van der Waals surface area contributed by atoms with Gasteiger partial charge in [0, 0.05) is 26.5 Å². The molecule has 12 heteroatoms. The number of aliphatic hydroxyl groups excluding tert-OH is 2. The van der Waals surface area contributed by atoms with Gasteiger partial charge in [0.05, 0.1) is 6.10 Å². The van der Waals surface area contributed by atoms with Gasteiger partial charge < -0.3 is 43.5 Å². The van der Waals surface area contributed by atoms with Crippen LogP contribution in [-0.4, -0.2) is 96.4 Å². The average Bonchev–Trinajstić information content (AvgIpc) is 3.19. The zero-order valence-corrected chi connectivity index (χ0v) is 19.0. The molecule has 0 aliphatic carbocycles. The molecule has 0 unspecified atom stereocenters. The van der Waals surface area contributed by atoms with Crippen molar-refractivity contribution in [2.45, 2.75) is 88.9 Å². The molecule has 12 nitrogen and oxygen atoms in total. The van der Waals surface area contributed by atoms with E-state index < -0.39 is 66.7 Å². The Hall–Kier alpha value is -2.09. The maximum absolute atomic E-state index is 11.3. The van der Waals surface area contributed by atoms with E-state index in [0.29, 0.717) is 6.42 Å². The van der Waals surface area contributed by atoms with Gasteiger partial charge in [-0.05, 0) is 19.9 Å². The zero-order valence-electron chi connectivity index (χ0n) is 19.0. The van der Waals surface area contributed by atoms with Crippen molar-refractivity contribution in [3.63, 3.8) is 0 Å². The van der Waals surface area contributed by atoms with Crippen LogP contribution in [0.25, 0.3) is 0 Å². The van der Waals surface area contributed by atoms with Crippen molar-refractivity contribution in [3.05, 3.63) is 12.2 Å². The zero-order chi connectivity index (χ0) is 24.2. The van der Waals surface area contributed by atoms with Crippen LogP contribution in [0.2, 0.25) is 0 Å². The lowest BCUT2D eigenvalue weighted by molar-refractivity contribution is -0.228. The van der Waals surface area contributed by atoms with Gasteiger partial charge in [0.25, 0.3) is 0 Å². The van der Waals surface area contributed by atoms with Gasteiger partial charge in [-0.1, -0.05) is 11.2 Å². The van der Waals surface area contributed by atoms with Gasteiger partial charge >= 0.3 is 11.9 Å². The van der Waals surface area contributed by atoms with Gasteiger partial charge in [-0.3, -0.25) is 9.59 Å². The first-order chi connectivity index (χ1) is 15.6. The van der Waals surface area contributed by atoms with E-state index in [2.05, 4.69) is 5.16 Å². The van der Waals surface area contributed by atoms with Crippen molar-refractivity contribution in [2.24, 2.45) is 5.16 Å². The predicted molar refractivity (Wildman–Crippen MR) is 110 cm³/mol. The maximum atomic E-state index is 11.3. The van der Waals surface area contributed by atoms with Gasteiger partial charge in [-0.25, -0.2) is 0 Å². The molecule has 0 aromatic rings. The van der Waals surface area contributed by atoms with Crippen molar-refractivity contribution in [3.8, 4) is 0 Å². The van der Waals surface area contributed by atoms with E-state index >= 15 is 0 Å². The molecule has 2 saturated heterocycles. The van der Waals surface area contributed by atoms with Crippen molar-refractivity contribution >= 4 is 18.2 Å². The highest BCUT2D eigenvalue weighted by Gasteiger charge is 2.56. The Kier molecular flexibility index (Phi) is 8.43. The molecule has 2 fully saturated rings. The molecule has 3 aliphatic heterocycles. The number of esters is 2. The minimum absolute atomic E-state index is 0.0652. The average molecular weight is 473 g/mol. The Morgan fingerprint density at radius 2 is 1.94 bits per heavy atom. The number of oxime groups is 1. The summed E-state index contributed by atoms with van der Waals surface area (Å²) in [6.45, 7) is 5.70. The van der Waals surface area contributed by atoms with Crippen molar-refractivity contribution < 1.29 is 53.1 Å². The van der Waals surface area contributed by atoms with E-state index in [1.165, 1.54) is 20.1 Å². The highest BCUT2D eigenvalue weighted by molar-refractivity contribution is 5.67. The van der Waals surface area contributed by atoms with Crippen LogP contribution in [0.4, 0.5) is 0 Å². The van der Waals surface area contributed by atoms with Crippen LogP contribution >= 0.6 is 0 Å². The summed E-state index contributed by atoms with van der Waals surface area (Å²) >= 11 is 0. The van der Waals surface area contributed by atoms with Crippen LogP contribution in [0.15, 0.2) is 17.3 Å². The molecular weight excluding hydrogens is 442 g/mol. The molecule has 3 heterocycles. The minimum Gasteiger partial charge on any atom is -0.463 e. The summed E-state index contributed by atoms with van der Waals surface area (Å²) in [7, 11) is 0. The minimum atomic E-state index is -1.15. The molecule has 0 amide bonds. The Bertz CT molecular complexity index is 754. The number of hydrogen-bond donors (Lipinski definition) is 2. The molecule has 0 aromatic carbocycles. The molecule has 2 N–H and O–H groups in total. The van der Waals surface area contributed by atoms with Crippen LogP contribution in [0.3, 0.4) is 0 Å². The molecule has 0 saturated carbocycles. The van der Waals surface area contributed by atoms with E-state index in [-0.39, 0.29) is 13.2 Å². The van der Waals surface area contributed by atoms with Crippen LogP contribution < -0.4 is 0 Å². The predicted octanol–water partition coefficient (Wildman–Crippen LogP) is -0.204. The fraction of sp³-hybridized carbons (Fsp3) is 0.762. The van der Waals surface area contributed by atoms with E-state index in [1.54, 1.807) is 26.0 Å². The lowest BCUT2D eigenvalue weighted by atomic mass is 10.1. The number of carbonyl (C=O) groups is 2. The Morgan fingerprint density at radius 1 is 1.18 bits per heavy atom. The summed E-state index contributed by atoms with van der Waals surface area (Å²) in [4.78, 5) is 27.5. The van der Waals surface area contributed by atoms with Crippen LogP contribution in [0, 0.1) is 0 Å². The smallest absolute Gasteiger partial charge is 0.303 e. The number of nitrogens with zero attached hydrogens (tertiary/aromatic N) is 1. The standard InChI is InChI=1S/C21H31NO11/c1-11(23)27-10-16-15(29-12(2)24)6-5-13(30-16)7-8-22-28-9-14(25)18-17(26)19-20(31-18)33-21(3,4)32-19/h5-6,8,13-20,25-26H,7,9-10H2,1-4H3/t13-,14+,15+,16+,17+,18+,19-,20+/m0/s1. The van der Waals surface area contributed by atoms with Crippen LogP contribution in [0.5, 0.6) is 0 Å². The summed E-state index contributed by atoms with van der Waals surface area (Å²) in [6, 6.07) is 0. The molecule has 0 radical (unpaired) electrons. The first kappa shape index (κ1) is 25.5. The molecule has 0 aromatic heterocycles. The summed E-state index contributed by atoms with van der Waals surface area (Å²) in [5, 5.41) is 24.4. The molecule has 33 heavy (non-hydrogen) atoms. The summed E-state index contributed by atoms with van der Waals surface area (Å²) < 4.78 is 32.7. The third-order valence-corrected chi connectivity index (χ3v) is 5.15. The third kappa shape index (κ3) is 6.95. The van der Waals surface area contributed by atoms with Gasteiger partial charge in [-0.15, -0.1) is 0 Å². The largest absolute Gasteiger partial charge is 0.463 e. The SMILES string of the molecule is CC(=O)OC[C@H]1O[C@H](CC=NOC[C@@H](O)[C@H]2O[C@@H]3OC(C)(C)O[C@H]3[C@@H]2O)C=C[C@H]1OC(C)=O. The van der Waals surface area contributed by atoms with Gasteiger partial charge in [0.2, 0.25) is 0 Å². The topological polar surface area (TPSA) is 152 Å². The molecule has 3 rings (SSSR count). The second-order valence-electron chi connectivity index (χ2n) is 8.42. The second kappa shape index (κ2) is 10.9. The van der Waals surface area contributed by atoms with E-state index in [1.807, 2.05) is 0 Å². The van der Waals surface area contributed by atoms with Crippen LogP contribution in [0.1, 0.15) is 34.1 Å². The summed E-state index contributed by atoms with van der Waals surface area (Å²) in [6.07, 6.45) is -1.19. The lowest BCUT2D eigenvalue weighted by Gasteiger charge is -2.31. The van der Waals surface area contributed by atoms with Crippen molar-refractivity contribution in [1.29, 1.82) is 0 Å². The molecule has 0 spiro atoms. The number of aliphatic hydroxyl groups is 2. The number of fused-ring (bicyclic) bond motifs is 1. The number of rotatable bonds is 9. The first-order valence-electron chi connectivity index (χ1n) is 10.7. The Morgan fingerprint density at radius 3 is 2.61 bits per heavy atom. The highest BCUT2D eigenvalue weighted by Crippen LogP contribution is 2.38. The number of hydrogen-bond acceptors (Lipinski definition) is 12. The second-order valence-corrected chi connectivity index (χ2v) is 8.42. The monoisotopic (exact) mass is 473 g/mol. The van der Waals surface area contributed by atoms with Gasteiger partial charge in [-0.2, -0.15) is 0 Å². The van der Waals surface area contributed by atoms with Gasteiger partial charge in [0.1, 0.15) is 49.8 Å². The Labute approximate surface area is 191 Å². The fourth-order valence-electron chi connectivity index (χ4n) is 3.73. The maximum Gasteiger partial charge on any atom is 0.303 e. The van der Waals surface area contributed by atoms with E-state index in [4.69, 9.17) is 33.3 Å². The third-order valence-electron chi connectivity index (χ3n) is 5.15. The normalized spacial score (nSPS) is 35.9. The first-order valence-corrected chi connectivity index (χ1v) is 10.7. The van der Waals surface area contributed by atoms with Gasteiger partial charge in [0.15, 0.2) is 12.1 Å². The molecule has 186 valence electrons. The van der Waals surface area contributed by atoms with E-state index in [9.17, 15) is 19.8 Å². The fourth-order valence-corrected chi connectivity index (χ4v) is 3.73. The van der Waals surface area contributed by atoms with Crippen molar-refractivity contribution in [1.82, 2.24) is 0 Å². The Balaban J connectivity index is 1.42. The number of ether oxygens (including phenoxy) is 6. The quantitative estimate of drug-likeness (QED) is 0.198.